The van der Waals surface area contributed by atoms with E-state index >= 15 is 0 Å². The molecule has 6 nitrogen and oxygen atoms in total. The lowest BCUT2D eigenvalue weighted by molar-refractivity contribution is 0.655. The largest absolute Gasteiger partial charge is 0.330 e. The van der Waals surface area contributed by atoms with Crippen LogP contribution in [0.25, 0.3) is 16.9 Å². The molecule has 4 N–H and O–H groups in total. The van der Waals surface area contributed by atoms with Crippen LogP contribution in [0, 0.1) is 0 Å². The molecule has 0 unspecified atom stereocenters. The van der Waals surface area contributed by atoms with Gasteiger partial charge in [0.1, 0.15) is 0 Å². The van der Waals surface area contributed by atoms with Crippen LogP contribution >= 0.6 is 12.4 Å². The van der Waals surface area contributed by atoms with Gasteiger partial charge in [0.15, 0.2) is 0 Å². The van der Waals surface area contributed by atoms with Gasteiger partial charge in [-0.15, -0.1) is 12.4 Å². The quantitative estimate of drug-likeness (QED) is 0.597. The Morgan fingerprint density at radius 1 is 1.26 bits per heavy atom. The average Bonchev–Trinajstić information content (AvgIpc) is 2.98. The number of nitrogens with zero attached hydrogens (tertiary/aromatic N) is 2. The molecule has 0 amide bonds. The highest BCUT2D eigenvalue weighted by Gasteiger charge is 2.06. The van der Waals surface area contributed by atoms with Gasteiger partial charge in [0.2, 0.25) is 5.78 Å². The van der Waals surface area contributed by atoms with Crippen LogP contribution in [0.1, 0.15) is 12.0 Å². The predicted molar refractivity (Wildman–Crippen MR) is 93.9 cm³/mol. The van der Waals surface area contributed by atoms with Crippen molar-refractivity contribution in [2.24, 2.45) is 5.73 Å². The highest BCUT2D eigenvalue weighted by atomic mass is 35.5. The van der Waals surface area contributed by atoms with Gasteiger partial charge in [-0.3, -0.25) is 14.2 Å². The molecule has 0 spiro atoms. The van der Waals surface area contributed by atoms with E-state index in [4.69, 9.17) is 5.73 Å². The number of H-pyrrole nitrogens is 1. The Labute approximate surface area is 140 Å². The van der Waals surface area contributed by atoms with Crippen molar-refractivity contribution in [1.82, 2.24) is 19.7 Å². The van der Waals surface area contributed by atoms with Gasteiger partial charge in [0.05, 0.1) is 5.56 Å². The summed E-state index contributed by atoms with van der Waals surface area (Å²) in [5, 5.41) is 3.33. The van der Waals surface area contributed by atoms with E-state index in [0.717, 1.165) is 25.1 Å². The van der Waals surface area contributed by atoms with Crippen molar-refractivity contribution < 1.29 is 0 Å². The Bertz CT molecular complexity index is 809. The van der Waals surface area contributed by atoms with Crippen molar-refractivity contribution in [3.63, 3.8) is 0 Å². The third-order valence-electron chi connectivity index (χ3n) is 3.56. The first-order valence-electron chi connectivity index (χ1n) is 7.34. The number of aromatic amines is 1. The second-order valence-electron chi connectivity index (χ2n) is 5.17. The number of imidazole rings is 1. The van der Waals surface area contributed by atoms with Crippen LogP contribution in [0.3, 0.4) is 0 Å². The van der Waals surface area contributed by atoms with Crippen molar-refractivity contribution in [3.8, 4) is 11.1 Å². The van der Waals surface area contributed by atoms with Crippen molar-refractivity contribution in [3.05, 3.63) is 58.8 Å². The molecular formula is C16H20ClN5O. The lowest BCUT2D eigenvalue weighted by Gasteiger charge is -2.06. The molecule has 7 heteroatoms. The fraction of sp³-hybridized carbons (Fsp3) is 0.250. The molecule has 3 aromatic rings. The number of fused-ring (bicyclic) bond motifs is 1. The van der Waals surface area contributed by atoms with Crippen molar-refractivity contribution in [2.75, 3.05) is 13.1 Å². The first-order valence-corrected chi connectivity index (χ1v) is 7.34. The van der Waals surface area contributed by atoms with Crippen molar-refractivity contribution in [1.29, 1.82) is 0 Å². The normalized spacial score (nSPS) is 10.7. The zero-order chi connectivity index (χ0) is 15.4. The van der Waals surface area contributed by atoms with Crippen molar-refractivity contribution in [2.45, 2.75) is 13.0 Å². The van der Waals surface area contributed by atoms with E-state index in [1.807, 2.05) is 30.5 Å². The molecule has 0 bridgehead atoms. The summed E-state index contributed by atoms with van der Waals surface area (Å²) < 4.78 is 1.80. The summed E-state index contributed by atoms with van der Waals surface area (Å²) in [5.41, 5.74) is 8.03. The molecule has 3 rings (SSSR count). The molecule has 23 heavy (non-hydrogen) atoms. The van der Waals surface area contributed by atoms with E-state index < -0.39 is 0 Å². The molecule has 0 atom stereocenters. The summed E-state index contributed by atoms with van der Waals surface area (Å²) in [6.45, 7) is 2.41. The number of rotatable bonds is 6. The van der Waals surface area contributed by atoms with Crippen LogP contribution < -0.4 is 16.6 Å². The number of hydrogen-bond acceptors (Lipinski definition) is 4. The van der Waals surface area contributed by atoms with E-state index in [2.05, 4.69) is 15.3 Å². The fourth-order valence-electron chi connectivity index (χ4n) is 2.35. The minimum atomic E-state index is -0.132. The monoisotopic (exact) mass is 333 g/mol. The summed E-state index contributed by atoms with van der Waals surface area (Å²) in [6, 6.07) is 7.99. The molecule has 2 heterocycles. The maximum absolute atomic E-state index is 12.1. The zero-order valence-electron chi connectivity index (χ0n) is 12.7. The Kier molecular flexibility index (Phi) is 5.92. The van der Waals surface area contributed by atoms with Crippen LogP contribution in [0.5, 0.6) is 0 Å². The van der Waals surface area contributed by atoms with E-state index in [1.54, 1.807) is 16.8 Å². The second kappa shape index (κ2) is 7.92. The molecule has 0 radical (unpaired) electrons. The van der Waals surface area contributed by atoms with Gasteiger partial charge in [-0.1, -0.05) is 24.3 Å². The predicted octanol–water partition coefficient (Wildman–Crippen LogP) is 1.55. The maximum atomic E-state index is 12.1. The lowest BCUT2D eigenvalue weighted by Crippen LogP contribution is -2.17. The Morgan fingerprint density at radius 2 is 2.04 bits per heavy atom. The number of nitrogens with one attached hydrogen (secondary N) is 2. The third kappa shape index (κ3) is 3.98. The molecule has 0 aliphatic carbocycles. The Hall–Kier alpha value is -2.15. The van der Waals surface area contributed by atoms with Gasteiger partial charge in [-0.2, -0.15) is 0 Å². The van der Waals surface area contributed by atoms with Gasteiger partial charge in [-0.25, -0.2) is 4.98 Å². The maximum Gasteiger partial charge on any atom is 0.260 e. The minimum Gasteiger partial charge on any atom is -0.330 e. The fourth-order valence-corrected chi connectivity index (χ4v) is 2.35. The smallest absolute Gasteiger partial charge is 0.260 e. The summed E-state index contributed by atoms with van der Waals surface area (Å²) in [6.07, 6.45) is 6.24. The molecular weight excluding hydrogens is 314 g/mol. The number of halogens is 1. The summed E-state index contributed by atoms with van der Waals surface area (Å²) >= 11 is 0. The highest BCUT2D eigenvalue weighted by molar-refractivity contribution is 5.85. The topological polar surface area (TPSA) is 88.2 Å². The Balaban J connectivity index is 0.00000192. The number of aromatic nitrogens is 3. The van der Waals surface area contributed by atoms with Crippen LogP contribution in [0.15, 0.2) is 47.7 Å². The number of benzene rings is 1. The minimum absolute atomic E-state index is 0. The summed E-state index contributed by atoms with van der Waals surface area (Å²) in [7, 11) is 0. The van der Waals surface area contributed by atoms with E-state index in [9.17, 15) is 4.79 Å². The number of nitrogens with two attached hydrogens (primary N) is 1. The molecule has 122 valence electrons. The molecule has 0 aliphatic heterocycles. The summed E-state index contributed by atoms with van der Waals surface area (Å²) in [5.74, 6) is 0.550. The van der Waals surface area contributed by atoms with Crippen LogP contribution in [-0.4, -0.2) is 27.5 Å². The number of hydrogen-bond donors (Lipinski definition) is 3. The standard InChI is InChI=1S/C16H19N5O.ClH/c17-6-1-7-18-10-12-2-4-13(5-3-12)14-11-21-9-8-19-16(21)20-15(14)22;/h2-5,8-9,11,18H,1,6-7,10,17H2,(H,19,20,22);1H. The van der Waals surface area contributed by atoms with E-state index in [0.29, 0.717) is 17.9 Å². The highest BCUT2D eigenvalue weighted by Crippen LogP contribution is 2.16. The first-order chi connectivity index (χ1) is 10.8. The SMILES string of the molecule is Cl.NCCCNCc1ccc(-c2cn3ccnc3[nH]c2=O)cc1. The molecule has 0 saturated heterocycles. The van der Waals surface area contributed by atoms with Crippen LogP contribution in [0.4, 0.5) is 0 Å². The second-order valence-corrected chi connectivity index (χ2v) is 5.17. The average molecular weight is 334 g/mol. The molecule has 0 fully saturated rings. The molecule has 2 aromatic heterocycles. The van der Waals surface area contributed by atoms with Crippen LogP contribution in [0.2, 0.25) is 0 Å². The van der Waals surface area contributed by atoms with E-state index in [-0.39, 0.29) is 18.0 Å². The van der Waals surface area contributed by atoms with Gasteiger partial charge in [0.25, 0.3) is 5.56 Å². The van der Waals surface area contributed by atoms with Gasteiger partial charge >= 0.3 is 0 Å². The first kappa shape index (κ1) is 17.2. The molecule has 0 saturated carbocycles. The Morgan fingerprint density at radius 3 is 2.78 bits per heavy atom. The van der Waals surface area contributed by atoms with Crippen molar-refractivity contribution >= 4 is 18.2 Å². The van der Waals surface area contributed by atoms with Gasteiger partial charge in [-0.05, 0) is 30.6 Å². The third-order valence-corrected chi connectivity index (χ3v) is 3.56. The van der Waals surface area contributed by atoms with E-state index in [1.165, 1.54) is 5.56 Å². The molecule has 0 aliphatic rings. The van der Waals surface area contributed by atoms with Gasteiger partial charge < -0.3 is 11.1 Å². The van der Waals surface area contributed by atoms with Gasteiger partial charge in [0, 0.05) is 25.1 Å². The summed E-state index contributed by atoms with van der Waals surface area (Å²) in [4.78, 5) is 19.0. The molecule has 1 aromatic carbocycles. The lowest BCUT2D eigenvalue weighted by atomic mass is 10.1. The zero-order valence-corrected chi connectivity index (χ0v) is 13.5. The van der Waals surface area contributed by atoms with Crippen LogP contribution in [-0.2, 0) is 6.54 Å².